The molecule has 0 amide bonds. The Morgan fingerprint density at radius 2 is 1.00 bits per heavy atom. The highest BCUT2D eigenvalue weighted by Gasteiger charge is 2.20. The number of hydrogen-bond donors (Lipinski definition) is 0. The zero-order valence-electron chi connectivity index (χ0n) is 36.9. The largest absolute Gasteiger partial charge is 0.756 e. The maximum atomic E-state index is 12.7. The van der Waals surface area contributed by atoms with Gasteiger partial charge in [-0.2, -0.15) is 0 Å². The van der Waals surface area contributed by atoms with Crippen LogP contribution in [0.4, 0.5) is 0 Å². The average Bonchev–Trinajstić information content (AvgIpc) is 3.13. The van der Waals surface area contributed by atoms with Crippen LogP contribution in [0, 0.1) is 0 Å². The van der Waals surface area contributed by atoms with E-state index < -0.39 is 13.9 Å². The normalized spacial score (nSPS) is 13.9. The lowest BCUT2D eigenvalue weighted by Gasteiger charge is -2.28. The Bertz CT molecular complexity index is 936. The first kappa shape index (κ1) is 54.0. The van der Waals surface area contributed by atoms with Gasteiger partial charge in [-0.3, -0.25) is 9.36 Å². The van der Waals surface area contributed by atoms with Crippen LogP contribution < -0.4 is 4.89 Å². The van der Waals surface area contributed by atoms with Gasteiger partial charge < -0.3 is 27.9 Å². The second kappa shape index (κ2) is 39.8. The quantitative estimate of drug-likeness (QED) is 0.0199. The maximum absolute atomic E-state index is 12.7. The van der Waals surface area contributed by atoms with E-state index in [0.29, 0.717) is 24.1 Å². The summed E-state index contributed by atoms with van der Waals surface area (Å²) in [5.41, 5.74) is 0. The van der Waals surface area contributed by atoms with Crippen LogP contribution in [0.15, 0.2) is 24.3 Å². The molecule has 2 atom stereocenters. The fraction of sp³-hybridized carbons (Fsp3) is 0.891. The van der Waals surface area contributed by atoms with Gasteiger partial charge in [0.2, 0.25) is 0 Å². The number of esters is 1. The van der Waals surface area contributed by atoms with Gasteiger partial charge in [-0.25, -0.2) is 0 Å². The van der Waals surface area contributed by atoms with E-state index in [0.717, 1.165) is 38.5 Å². The summed E-state index contributed by atoms with van der Waals surface area (Å²) < 4.78 is 34.6. The molecule has 0 fully saturated rings. The molecule has 0 rings (SSSR count). The van der Waals surface area contributed by atoms with Crippen molar-refractivity contribution in [3.05, 3.63) is 24.3 Å². The number of nitrogens with zero attached hydrogens (tertiary/aromatic N) is 1. The molecule has 0 heterocycles. The Morgan fingerprint density at radius 3 is 1.47 bits per heavy atom. The van der Waals surface area contributed by atoms with Crippen molar-refractivity contribution in [1.29, 1.82) is 0 Å². The van der Waals surface area contributed by atoms with E-state index in [4.69, 9.17) is 18.5 Å². The number of ether oxygens (including phenoxy) is 2. The summed E-state index contributed by atoms with van der Waals surface area (Å²) in [5.74, 6) is -0.336. The molecule has 0 spiro atoms. The smallest absolute Gasteiger partial charge is 0.306 e. The Hall–Kier alpha value is -1.02. The first-order chi connectivity index (χ1) is 26.6. The Kier molecular flexibility index (Phi) is 39.1. The molecule has 2 unspecified atom stereocenters. The summed E-state index contributed by atoms with van der Waals surface area (Å²) in [5, 5.41) is 0. The van der Waals surface area contributed by atoms with Crippen molar-refractivity contribution in [2.45, 2.75) is 213 Å². The number of rotatable bonds is 43. The van der Waals surface area contributed by atoms with Gasteiger partial charge in [0.1, 0.15) is 19.3 Å². The maximum Gasteiger partial charge on any atom is 0.306 e. The third-order valence-corrected chi connectivity index (χ3v) is 11.0. The molecule has 0 N–H and O–H groups in total. The minimum atomic E-state index is -4.52. The highest BCUT2D eigenvalue weighted by atomic mass is 31.2. The highest BCUT2D eigenvalue weighted by molar-refractivity contribution is 7.45. The number of carbonyl (C=O) groups is 1. The molecule has 0 aromatic carbocycles. The van der Waals surface area contributed by atoms with Crippen molar-refractivity contribution in [3.8, 4) is 0 Å². The average molecular weight is 800 g/mol. The Labute approximate surface area is 341 Å². The van der Waals surface area contributed by atoms with Gasteiger partial charge in [-0.05, 0) is 44.9 Å². The second-order valence-corrected chi connectivity index (χ2v) is 18.2. The first-order valence-corrected chi connectivity index (χ1v) is 24.5. The van der Waals surface area contributed by atoms with E-state index in [1.54, 1.807) is 0 Å². The van der Waals surface area contributed by atoms with Crippen molar-refractivity contribution < 1.29 is 37.3 Å². The van der Waals surface area contributed by atoms with E-state index in [9.17, 15) is 14.3 Å². The van der Waals surface area contributed by atoms with Crippen molar-refractivity contribution in [2.24, 2.45) is 0 Å². The fourth-order valence-corrected chi connectivity index (χ4v) is 7.13. The van der Waals surface area contributed by atoms with Crippen molar-refractivity contribution >= 4 is 13.8 Å². The van der Waals surface area contributed by atoms with Crippen LogP contribution >= 0.6 is 7.82 Å². The number of phosphoric acid groups is 1. The molecular formula is C46H90NO7P. The summed E-state index contributed by atoms with van der Waals surface area (Å²) in [4.78, 5) is 25.1. The van der Waals surface area contributed by atoms with Crippen molar-refractivity contribution in [1.82, 2.24) is 0 Å². The van der Waals surface area contributed by atoms with E-state index >= 15 is 0 Å². The molecule has 0 aromatic heterocycles. The molecule has 55 heavy (non-hydrogen) atoms. The lowest BCUT2D eigenvalue weighted by atomic mass is 10.1. The van der Waals surface area contributed by atoms with Crippen LogP contribution in [0.3, 0.4) is 0 Å². The fourth-order valence-electron chi connectivity index (χ4n) is 6.40. The molecule has 0 aliphatic rings. The number of likely N-dealkylation sites (N-methyl/N-ethyl adjacent to an activating group) is 1. The van der Waals surface area contributed by atoms with Crippen molar-refractivity contribution in [3.63, 3.8) is 0 Å². The second-order valence-electron chi connectivity index (χ2n) is 16.8. The van der Waals surface area contributed by atoms with Gasteiger partial charge >= 0.3 is 5.97 Å². The summed E-state index contributed by atoms with van der Waals surface area (Å²) in [6.45, 7) is 5.42. The monoisotopic (exact) mass is 800 g/mol. The molecule has 9 heteroatoms. The van der Waals surface area contributed by atoms with Crippen LogP contribution in [-0.2, 0) is 27.9 Å². The number of carbonyl (C=O) groups excluding carboxylic acids is 1. The minimum Gasteiger partial charge on any atom is -0.756 e. The third kappa shape index (κ3) is 43.9. The van der Waals surface area contributed by atoms with E-state index in [1.807, 2.05) is 21.1 Å². The Balaban J connectivity index is 4.15. The number of allylic oxidation sites excluding steroid dienone is 4. The van der Waals surface area contributed by atoms with Gasteiger partial charge in [-0.1, -0.05) is 179 Å². The SMILES string of the molecule is CCCCCCC/C=C\C/C=C\CCCCCCCCCCCC(=O)OC(COCCCCCCCCCCCCCC)COP(=O)([O-])OCC[N+](C)(C)C. The van der Waals surface area contributed by atoms with Gasteiger partial charge in [0.05, 0.1) is 34.4 Å². The summed E-state index contributed by atoms with van der Waals surface area (Å²) >= 11 is 0. The molecule has 0 aliphatic heterocycles. The molecule has 0 saturated carbocycles. The summed E-state index contributed by atoms with van der Waals surface area (Å²) in [6.07, 6.45) is 44.7. The van der Waals surface area contributed by atoms with Gasteiger partial charge in [0.15, 0.2) is 0 Å². The molecule has 0 aromatic rings. The molecule has 0 aliphatic carbocycles. The highest BCUT2D eigenvalue weighted by Crippen LogP contribution is 2.38. The predicted molar refractivity (Wildman–Crippen MR) is 231 cm³/mol. The molecule has 326 valence electrons. The van der Waals surface area contributed by atoms with Crippen LogP contribution in [-0.4, -0.2) is 70.7 Å². The standard InChI is InChI=1S/C46H90NO7P/c1-6-8-10-12-14-16-18-20-21-22-23-24-25-26-27-28-29-31-33-35-37-39-46(48)54-45(44-53-55(49,50)52-42-40-47(3,4)5)43-51-41-38-36-34-32-30-19-17-15-13-11-9-7-2/h18,20,22-23,45H,6-17,19,21,24-44H2,1-5H3/b20-18-,23-22-. The topological polar surface area (TPSA) is 94.1 Å². The number of phosphoric ester groups is 1. The van der Waals surface area contributed by atoms with Crippen LogP contribution in [0.5, 0.6) is 0 Å². The van der Waals surface area contributed by atoms with Crippen LogP contribution in [0.25, 0.3) is 0 Å². The number of unbranched alkanes of at least 4 members (excludes halogenated alkanes) is 25. The van der Waals surface area contributed by atoms with E-state index in [2.05, 4.69) is 38.2 Å². The van der Waals surface area contributed by atoms with Gasteiger partial charge in [0.25, 0.3) is 7.82 Å². The molecule has 0 saturated heterocycles. The van der Waals surface area contributed by atoms with Crippen molar-refractivity contribution in [2.75, 3.05) is 54.1 Å². The molecule has 8 nitrogen and oxygen atoms in total. The van der Waals surface area contributed by atoms with Gasteiger partial charge in [-0.15, -0.1) is 0 Å². The number of quaternary nitrogens is 1. The first-order valence-electron chi connectivity index (χ1n) is 23.1. The van der Waals surface area contributed by atoms with E-state index in [-0.39, 0.29) is 25.8 Å². The lowest BCUT2D eigenvalue weighted by Crippen LogP contribution is -2.37. The molecular weight excluding hydrogens is 709 g/mol. The van der Waals surface area contributed by atoms with Crippen LogP contribution in [0.1, 0.15) is 206 Å². The predicted octanol–water partition coefficient (Wildman–Crippen LogP) is 13.0. The zero-order chi connectivity index (χ0) is 40.6. The van der Waals surface area contributed by atoms with Crippen LogP contribution in [0.2, 0.25) is 0 Å². The van der Waals surface area contributed by atoms with E-state index in [1.165, 1.54) is 148 Å². The number of hydrogen-bond acceptors (Lipinski definition) is 7. The van der Waals surface area contributed by atoms with Gasteiger partial charge in [0, 0.05) is 13.0 Å². The zero-order valence-corrected chi connectivity index (χ0v) is 37.8. The molecule has 0 radical (unpaired) electrons. The summed E-state index contributed by atoms with van der Waals surface area (Å²) in [7, 11) is 1.36. The third-order valence-electron chi connectivity index (χ3n) is 10.0. The minimum absolute atomic E-state index is 0.0272. The lowest BCUT2D eigenvalue weighted by molar-refractivity contribution is -0.870. The molecule has 0 bridgehead atoms. The Morgan fingerprint density at radius 1 is 0.564 bits per heavy atom. The summed E-state index contributed by atoms with van der Waals surface area (Å²) in [6, 6.07) is 0.